The van der Waals surface area contributed by atoms with Crippen molar-refractivity contribution in [2.45, 2.75) is 26.2 Å². The fourth-order valence-electron chi connectivity index (χ4n) is 2.44. The Kier molecular flexibility index (Phi) is 4.74. The van der Waals surface area contributed by atoms with Crippen LogP contribution in [-0.4, -0.2) is 61.2 Å². The van der Waals surface area contributed by atoms with E-state index in [1.807, 2.05) is 0 Å². The summed E-state index contributed by atoms with van der Waals surface area (Å²) in [6.45, 7) is 6.27. The van der Waals surface area contributed by atoms with Gasteiger partial charge in [0.25, 0.3) is 0 Å². The normalized spacial score (nSPS) is 26.5. The average molecular weight is 228 g/mol. The minimum atomic E-state index is -0.669. The van der Waals surface area contributed by atoms with E-state index in [0.717, 1.165) is 39.0 Å². The van der Waals surface area contributed by atoms with Crippen LogP contribution in [0.3, 0.4) is 0 Å². The first-order valence-corrected chi connectivity index (χ1v) is 6.00. The second-order valence-electron chi connectivity index (χ2n) is 5.56. The second-order valence-corrected chi connectivity index (χ2v) is 5.56. The van der Waals surface area contributed by atoms with Gasteiger partial charge in [0.2, 0.25) is 0 Å². The topological polar surface area (TPSA) is 43.8 Å². The molecule has 0 saturated carbocycles. The van der Waals surface area contributed by atoms with Crippen molar-refractivity contribution in [3.8, 4) is 0 Å². The quantitative estimate of drug-likeness (QED) is 0.740. The first-order valence-electron chi connectivity index (χ1n) is 6.00. The summed E-state index contributed by atoms with van der Waals surface area (Å²) >= 11 is 0. The molecule has 4 nitrogen and oxygen atoms in total. The molecule has 0 amide bonds. The molecular weight excluding hydrogens is 204 g/mol. The van der Waals surface area contributed by atoms with Gasteiger partial charge in [-0.2, -0.15) is 0 Å². The molecule has 16 heavy (non-hydrogen) atoms. The van der Waals surface area contributed by atoms with Gasteiger partial charge in [-0.15, -0.1) is 0 Å². The molecule has 1 fully saturated rings. The molecular formula is C12H24N2O2. The zero-order chi connectivity index (χ0) is 12.2. The third-order valence-electron chi connectivity index (χ3n) is 3.29. The number of aliphatic carboxylic acids is 1. The molecule has 1 aliphatic heterocycles. The van der Waals surface area contributed by atoms with Crippen LogP contribution in [0.25, 0.3) is 0 Å². The molecule has 94 valence electrons. The van der Waals surface area contributed by atoms with Gasteiger partial charge in [0, 0.05) is 6.54 Å². The lowest BCUT2D eigenvalue weighted by atomic mass is 9.86. The first-order chi connectivity index (χ1) is 7.41. The van der Waals surface area contributed by atoms with Crippen molar-refractivity contribution in [1.82, 2.24) is 9.80 Å². The maximum absolute atomic E-state index is 10.7. The Morgan fingerprint density at radius 3 is 2.75 bits per heavy atom. The smallest absolute Gasteiger partial charge is 0.303 e. The zero-order valence-corrected chi connectivity index (χ0v) is 10.7. The summed E-state index contributed by atoms with van der Waals surface area (Å²) in [5.41, 5.74) is -0.00997. The molecule has 0 aromatic heterocycles. The van der Waals surface area contributed by atoms with Crippen molar-refractivity contribution in [3.05, 3.63) is 0 Å². The Morgan fingerprint density at radius 1 is 1.50 bits per heavy atom. The molecule has 0 aromatic carbocycles. The summed E-state index contributed by atoms with van der Waals surface area (Å²) in [5.74, 6) is -0.669. The summed E-state index contributed by atoms with van der Waals surface area (Å²) in [6, 6.07) is 0. The predicted octanol–water partition coefficient (Wildman–Crippen LogP) is 1.12. The highest BCUT2D eigenvalue weighted by molar-refractivity contribution is 5.67. The van der Waals surface area contributed by atoms with Gasteiger partial charge in [0.15, 0.2) is 0 Å². The van der Waals surface area contributed by atoms with Crippen LogP contribution in [0.5, 0.6) is 0 Å². The van der Waals surface area contributed by atoms with Crippen LogP contribution >= 0.6 is 0 Å². The van der Waals surface area contributed by atoms with Crippen LogP contribution in [0.2, 0.25) is 0 Å². The lowest BCUT2D eigenvalue weighted by Gasteiger charge is -2.23. The van der Waals surface area contributed by atoms with Crippen LogP contribution in [-0.2, 0) is 4.79 Å². The molecule has 0 bridgehead atoms. The fourth-order valence-corrected chi connectivity index (χ4v) is 2.44. The number of rotatable bonds is 6. The van der Waals surface area contributed by atoms with E-state index in [1.165, 1.54) is 0 Å². The van der Waals surface area contributed by atoms with Gasteiger partial charge in [-0.1, -0.05) is 6.92 Å². The fraction of sp³-hybridized carbons (Fsp3) is 0.917. The van der Waals surface area contributed by atoms with E-state index in [4.69, 9.17) is 5.11 Å². The highest BCUT2D eigenvalue weighted by Gasteiger charge is 2.35. The Bertz CT molecular complexity index is 243. The summed E-state index contributed by atoms with van der Waals surface area (Å²) in [7, 11) is 4.16. The minimum absolute atomic E-state index is 0.00997. The summed E-state index contributed by atoms with van der Waals surface area (Å²) in [5, 5.41) is 8.85. The Hall–Kier alpha value is -0.610. The van der Waals surface area contributed by atoms with Crippen molar-refractivity contribution in [1.29, 1.82) is 0 Å². The monoisotopic (exact) mass is 228 g/mol. The third-order valence-corrected chi connectivity index (χ3v) is 3.29. The number of carboxylic acids is 1. The van der Waals surface area contributed by atoms with Crippen LogP contribution in [0.1, 0.15) is 26.2 Å². The lowest BCUT2D eigenvalue weighted by molar-refractivity contribution is -0.139. The lowest BCUT2D eigenvalue weighted by Crippen LogP contribution is -2.29. The summed E-state index contributed by atoms with van der Waals surface area (Å²) in [4.78, 5) is 15.3. The molecule has 0 aliphatic carbocycles. The van der Waals surface area contributed by atoms with Crippen LogP contribution in [0.15, 0.2) is 0 Å². The average Bonchev–Trinajstić information content (AvgIpc) is 2.45. The van der Waals surface area contributed by atoms with E-state index in [2.05, 4.69) is 30.8 Å². The highest BCUT2D eigenvalue weighted by Crippen LogP contribution is 2.33. The van der Waals surface area contributed by atoms with Gasteiger partial charge in [-0.05, 0) is 52.0 Å². The van der Waals surface area contributed by atoms with Gasteiger partial charge < -0.3 is 14.9 Å². The van der Waals surface area contributed by atoms with Gasteiger partial charge in [-0.25, -0.2) is 0 Å². The molecule has 1 atom stereocenters. The highest BCUT2D eigenvalue weighted by atomic mass is 16.4. The number of hydrogen-bond donors (Lipinski definition) is 1. The van der Waals surface area contributed by atoms with Gasteiger partial charge in [-0.3, -0.25) is 4.79 Å². The Morgan fingerprint density at radius 2 is 2.19 bits per heavy atom. The minimum Gasteiger partial charge on any atom is -0.481 e. The van der Waals surface area contributed by atoms with E-state index in [9.17, 15) is 4.79 Å². The molecule has 1 heterocycles. The first kappa shape index (κ1) is 13.5. The van der Waals surface area contributed by atoms with Crippen molar-refractivity contribution >= 4 is 5.97 Å². The van der Waals surface area contributed by atoms with E-state index >= 15 is 0 Å². The molecule has 0 spiro atoms. The van der Waals surface area contributed by atoms with Crippen LogP contribution in [0, 0.1) is 5.41 Å². The van der Waals surface area contributed by atoms with Gasteiger partial charge in [0.05, 0.1) is 6.42 Å². The van der Waals surface area contributed by atoms with E-state index in [-0.39, 0.29) is 5.41 Å². The number of carbonyl (C=O) groups is 1. The molecule has 4 heteroatoms. The number of hydrogen-bond acceptors (Lipinski definition) is 3. The van der Waals surface area contributed by atoms with Crippen molar-refractivity contribution in [2.75, 3.05) is 40.3 Å². The molecule has 1 rings (SSSR count). The van der Waals surface area contributed by atoms with E-state index < -0.39 is 5.97 Å². The number of likely N-dealkylation sites (tertiary alicyclic amines) is 1. The number of carboxylic acid groups (broad SMARTS) is 1. The maximum atomic E-state index is 10.7. The zero-order valence-electron chi connectivity index (χ0n) is 10.7. The summed E-state index contributed by atoms with van der Waals surface area (Å²) < 4.78 is 0. The van der Waals surface area contributed by atoms with Crippen molar-refractivity contribution in [3.63, 3.8) is 0 Å². The SMILES string of the molecule is CN(C)CCCN1CCC(C)(CC(=O)O)C1. The van der Waals surface area contributed by atoms with Gasteiger partial charge in [0.1, 0.15) is 0 Å². The van der Waals surface area contributed by atoms with Crippen LogP contribution in [0.4, 0.5) is 0 Å². The van der Waals surface area contributed by atoms with E-state index in [1.54, 1.807) is 0 Å². The second kappa shape index (κ2) is 5.64. The summed E-state index contributed by atoms with van der Waals surface area (Å²) in [6.07, 6.45) is 2.48. The van der Waals surface area contributed by atoms with Crippen molar-refractivity contribution in [2.24, 2.45) is 5.41 Å². The number of nitrogens with zero attached hydrogens (tertiary/aromatic N) is 2. The van der Waals surface area contributed by atoms with E-state index in [0.29, 0.717) is 6.42 Å². The van der Waals surface area contributed by atoms with Gasteiger partial charge >= 0.3 is 5.97 Å². The molecule has 1 aliphatic rings. The van der Waals surface area contributed by atoms with Crippen LogP contribution < -0.4 is 0 Å². The molecule has 1 saturated heterocycles. The Balaban J connectivity index is 2.26. The molecule has 1 unspecified atom stereocenters. The maximum Gasteiger partial charge on any atom is 0.303 e. The standard InChI is InChI=1S/C12H24N2O2/c1-12(9-11(15)16)5-8-14(10-12)7-4-6-13(2)3/h4-10H2,1-3H3,(H,15,16). The largest absolute Gasteiger partial charge is 0.481 e. The molecule has 0 aromatic rings. The molecule has 1 N–H and O–H groups in total. The molecule has 0 radical (unpaired) electrons. The van der Waals surface area contributed by atoms with Crippen molar-refractivity contribution < 1.29 is 9.90 Å². The third kappa shape index (κ3) is 4.49. The predicted molar refractivity (Wildman–Crippen MR) is 64.6 cm³/mol. The Labute approximate surface area is 98.2 Å².